The van der Waals surface area contributed by atoms with E-state index in [-0.39, 0.29) is 11.9 Å². The lowest BCUT2D eigenvalue weighted by Crippen LogP contribution is -2.36. The molecule has 2 aliphatic rings. The van der Waals surface area contributed by atoms with Crippen molar-refractivity contribution in [2.24, 2.45) is 5.92 Å². The van der Waals surface area contributed by atoms with Crippen molar-refractivity contribution in [3.05, 3.63) is 23.8 Å². The van der Waals surface area contributed by atoms with Gasteiger partial charge in [-0.25, -0.2) is 0 Å². The number of ether oxygens (including phenoxy) is 2. The van der Waals surface area contributed by atoms with E-state index in [9.17, 15) is 4.79 Å². The number of ketones is 1. The van der Waals surface area contributed by atoms with Gasteiger partial charge in [-0.15, -0.1) is 11.8 Å². The average Bonchev–Trinajstić information content (AvgIpc) is 2.48. The molecule has 0 N–H and O–H groups in total. The summed E-state index contributed by atoms with van der Waals surface area (Å²) in [6.07, 6.45) is 4.55. The van der Waals surface area contributed by atoms with E-state index in [1.54, 1.807) is 11.8 Å². The molecule has 0 radical (unpaired) electrons. The van der Waals surface area contributed by atoms with Gasteiger partial charge in [-0.05, 0) is 37.3 Å². The number of rotatable bonds is 2. The first kappa shape index (κ1) is 13.0. The second-order valence-corrected chi connectivity index (χ2v) is 5.98. The van der Waals surface area contributed by atoms with Crippen LogP contribution in [0.15, 0.2) is 23.1 Å². The monoisotopic (exact) mass is 278 g/mol. The molecular formula is C15H18O3S. The van der Waals surface area contributed by atoms with Crippen molar-refractivity contribution in [2.75, 3.05) is 19.5 Å². The molecule has 0 saturated carbocycles. The minimum Gasteiger partial charge on any atom is -0.489 e. The Labute approximate surface area is 117 Å². The highest BCUT2D eigenvalue weighted by Gasteiger charge is 2.33. The van der Waals surface area contributed by atoms with Gasteiger partial charge in [0.15, 0.2) is 5.78 Å². The molecule has 4 heteroatoms. The molecule has 0 spiro atoms. The van der Waals surface area contributed by atoms with Gasteiger partial charge in [0.2, 0.25) is 0 Å². The predicted molar refractivity (Wildman–Crippen MR) is 75.1 cm³/mol. The molecule has 0 bridgehead atoms. The summed E-state index contributed by atoms with van der Waals surface area (Å²) in [5, 5.41) is 0. The van der Waals surface area contributed by atoms with Crippen LogP contribution >= 0.6 is 11.8 Å². The Hall–Kier alpha value is -1.00. The van der Waals surface area contributed by atoms with Crippen LogP contribution in [0.4, 0.5) is 0 Å². The molecule has 0 aromatic heterocycles. The summed E-state index contributed by atoms with van der Waals surface area (Å²) in [5.74, 6) is 1.42. The maximum Gasteiger partial charge on any atom is 0.170 e. The molecule has 2 aliphatic heterocycles. The summed E-state index contributed by atoms with van der Waals surface area (Å²) in [4.78, 5) is 13.4. The molecule has 19 heavy (non-hydrogen) atoms. The second kappa shape index (κ2) is 5.55. The Morgan fingerprint density at radius 1 is 1.26 bits per heavy atom. The summed E-state index contributed by atoms with van der Waals surface area (Å²) in [6, 6.07) is 5.90. The van der Waals surface area contributed by atoms with Crippen molar-refractivity contribution >= 4 is 17.5 Å². The number of Topliss-reactive ketones (excluding diaryl/α,β-unsaturated/α-hetero) is 1. The minimum absolute atomic E-state index is 0.0315. The molecule has 1 aromatic rings. The van der Waals surface area contributed by atoms with Crippen molar-refractivity contribution in [2.45, 2.75) is 30.3 Å². The van der Waals surface area contributed by atoms with Crippen LogP contribution < -0.4 is 4.74 Å². The number of hydrogen-bond donors (Lipinski definition) is 0. The van der Waals surface area contributed by atoms with Crippen molar-refractivity contribution < 1.29 is 14.3 Å². The lowest BCUT2D eigenvalue weighted by molar-refractivity contribution is 0.0119. The Balaban J connectivity index is 1.81. The zero-order valence-electron chi connectivity index (χ0n) is 11.1. The van der Waals surface area contributed by atoms with Crippen molar-refractivity contribution in [1.29, 1.82) is 0 Å². The third-order valence-electron chi connectivity index (χ3n) is 3.94. The number of fused-ring (bicyclic) bond motifs is 1. The van der Waals surface area contributed by atoms with Crippen LogP contribution in [0.3, 0.4) is 0 Å². The quantitative estimate of drug-likeness (QED) is 0.778. The molecule has 102 valence electrons. The summed E-state index contributed by atoms with van der Waals surface area (Å²) < 4.78 is 11.4. The maximum absolute atomic E-state index is 12.3. The third-order valence-corrected chi connectivity index (χ3v) is 4.67. The van der Waals surface area contributed by atoms with Crippen molar-refractivity contribution in [3.63, 3.8) is 0 Å². The molecule has 3 rings (SSSR count). The van der Waals surface area contributed by atoms with Gasteiger partial charge in [0.25, 0.3) is 0 Å². The number of carbonyl (C=O) groups is 1. The zero-order valence-corrected chi connectivity index (χ0v) is 11.9. The zero-order chi connectivity index (χ0) is 13.2. The number of carbonyl (C=O) groups excluding carboxylic acids is 1. The first-order valence-electron chi connectivity index (χ1n) is 6.73. The van der Waals surface area contributed by atoms with E-state index in [0.717, 1.165) is 42.3 Å². The lowest BCUT2D eigenvalue weighted by atomic mass is 9.87. The van der Waals surface area contributed by atoms with Crippen LogP contribution in [0, 0.1) is 5.92 Å². The number of hydrogen-bond acceptors (Lipinski definition) is 4. The summed E-state index contributed by atoms with van der Waals surface area (Å²) in [6.45, 7) is 1.58. The normalized spacial score (nSPS) is 23.8. The lowest BCUT2D eigenvalue weighted by Gasteiger charge is -2.33. The van der Waals surface area contributed by atoms with E-state index < -0.39 is 0 Å². The van der Waals surface area contributed by atoms with Crippen LogP contribution in [0.1, 0.15) is 29.6 Å². The SMILES string of the molecule is CSc1ccc2c(c1)C(=O)CC(C1CCOCC1)O2. The molecule has 3 nitrogen and oxygen atoms in total. The number of thioether (sulfide) groups is 1. The topological polar surface area (TPSA) is 35.5 Å². The van der Waals surface area contributed by atoms with E-state index in [2.05, 4.69) is 0 Å². The largest absolute Gasteiger partial charge is 0.489 e. The second-order valence-electron chi connectivity index (χ2n) is 5.10. The van der Waals surface area contributed by atoms with E-state index >= 15 is 0 Å². The van der Waals surface area contributed by atoms with Crippen LogP contribution in [-0.4, -0.2) is 31.4 Å². The Kier molecular flexibility index (Phi) is 3.80. The molecule has 1 aromatic carbocycles. The fraction of sp³-hybridized carbons (Fsp3) is 0.533. The standard InChI is InChI=1S/C15H18O3S/c1-19-11-2-3-14-12(8-11)13(16)9-15(18-14)10-4-6-17-7-5-10/h2-3,8,10,15H,4-7,9H2,1H3. The first-order chi connectivity index (χ1) is 9.28. The van der Waals surface area contributed by atoms with Crippen LogP contribution in [0.5, 0.6) is 5.75 Å². The Morgan fingerprint density at radius 3 is 2.79 bits per heavy atom. The highest BCUT2D eigenvalue weighted by Crippen LogP contribution is 2.35. The molecule has 1 saturated heterocycles. The van der Waals surface area contributed by atoms with Crippen LogP contribution in [0.2, 0.25) is 0 Å². The molecule has 1 atom stereocenters. The van der Waals surface area contributed by atoms with Gasteiger partial charge >= 0.3 is 0 Å². The van der Waals surface area contributed by atoms with Crippen LogP contribution in [-0.2, 0) is 4.74 Å². The third kappa shape index (κ3) is 2.65. The molecule has 0 amide bonds. The highest BCUT2D eigenvalue weighted by molar-refractivity contribution is 7.98. The first-order valence-corrected chi connectivity index (χ1v) is 7.96. The van der Waals surface area contributed by atoms with Gasteiger partial charge in [-0.3, -0.25) is 4.79 Å². The van der Waals surface area contributed by atoms with E-state index in [1.165, 1.54) is 0 Å². The van der Waals surface area contributed by atoms with E-state index in [4.69, 9.17) is 9.47 Å². The molecule has 1 fully saturated rings. The molecule has 1 unspecified atom stereocenters. The maximum atomic E-state index is 12.3. The minimum atomic E-state index is 0.0315. The average molecular weight is 278 g/mol. The smallest absolute Gasteiger partial charge is 0.170 e. The molecule has 2 heterocycles. The summed E-state index contributed by atoms with van der Waals surface area (Å²) >= 11 is 1.65. The van der Waals surface area contributed by atoms with Crippen molar-refractivity contribution in [1.82, 2.24) is 0 Å². The van der Waals surface area contributed by atoms with Gasteiger partial charge in [-0.2, -0.15) is 0 Å². The summed E-state index contributed by atoms with van der Waals surface area (Å²) in [7, 11) is 0. The van der Waals surface area contributed by atoms with Gasteiger partial charge in [-0.1, -0.05) is 0 Å². The predicted octanol–water partition coefficient (Wildman–Crippen LogP) is 3.17. The van der Waals surface area contributed by atoms with E-state index in [1.807, 2.05) is 24.5 Å². The van der Waals surface area contributed by atoms with E-state index in [0.29, 0.717) is 12.3 Å². The van der Waals surface area contributed by atoms with Gasteiger partial charge in [0.1, 0.15) is 11.9 Å². The Bertz CT molecular complexity index is 480. The van der Waals surface area contributed by atoms with Gasteiger partial charge in [0.05, 0.1) is 5.56 Å². The molecule has 0 aliphatic carbocycles. The summed E-state index contributed by atoms with van der Waals surface area (Å²) in [5.41, 5.74) is 0.746. The fourth-order valence-corrected chi connectivity index (χ4v) is 3.24. The van der Waals surface area contributed by atoms with Crippen LogP contribution in [0.25, 0.3) is 0 Å². The molecular weight excluding hydrogens is 260 g/mol. The van der Waals surface area contributed by atoms with Crippen molar-refractivity contribution in [3.8, 4) is 5.75 Å². The highest BCUT2D eigenvalue weighted by atomic mass is 32.2. The Morgan fingerprint density at radius 2 is 2.05 bits per heavy atom. The van der Waals surface area contributed by atoms with Gasteiger partial charge in [0, 0.05) is 30.4 Å². The number of benzene rings is 1. The fourth-order valence-electron chi connectivity index (χ4n) is 2.80. The van der Waals surface area contributed by atoms with Gasteiger partial charge < -0.3 is 9.47 Å².